The van der Waals surface area contributed by atoms with Crippen LogP contribution in [0.3, 0.4) is 0 Å². The average Bonchev–Trinajstić information content (AvgIpc) is 3.12. The lowest BCUT2D eigenvalue weighted by Crippen LogP contribution is -2.45. The zero-order chi connectivity index (χ0) is 14.1. The topological polar surface area (TPSA) is 67.2 Å². The molecule has 2 bridgehead atoms. The van der Waals surface area contributed by atoms with Gasteiger partial charge < -0.3 is 10.4 Å². The molecule has 5 nitrogen and oxygen atoms in total. The summed E-state index contributed by atoms with van der Waals surface area (Å²) in [6.07, 6.45) is 7.79. The number of hydrogen-bond acceptors (Lipinski definition) is 3. The maximum atomic E-state index is 12.1. The second-order valence-electron chi connectivity index (χ2n) is 6.30. The summed E-state index contributed by atoms with van der Waals surface area (Å²) in [5, 5.41) is 16.9. The van der Waals surface area contributed by atoms with Crippen LogP contribution < -0.4 is 5.32 Å². The fourth-order valence-corrected chi connectivity index (χ4v) is 3.96. The van der Waals surface area contributed by atoms with Crippen LogP contribution in [-0.4, -0.2) is 33.4 Å². The van der Waals surface area contributed by atoms with Crippen LogP contribution in [0.4, 0.5) is 0 Å². The Labute approximate surface area is 119 Å². The largest absolute Gasteiger partial charge is 0.396 e. The van der Waals surface area contributed by atoms with Crippen LogP contribution in [0, 0.1) is 24.7 Å². The number of carbonyl (C=O) groups excluding carboxylic acids is 1. The van der Waals surface area contributed by atoms with E-state index in [1.165, 1.54) is 19.3 Å². The van der Waals surface area contributed by atoms with Gasteiger partial charge in [-0.15, -0.1) is 0 Å². The first-order valence-corrected chi connectivity index (χ1v) is 7.56. The first kappa shape index (κ1) is 13.6. The molecule has 4 unspecified atom stereocenters. The number of hydrogen-bond donors (Lipinski definition) is 2. The molecule has 110 valence electrons. The van der Waals surface area contributed by atoms with Crippen LogP contribution in [-0.2, 0) is 11.3 Å². The molecule has 1 amide bonds. The Kier molecular flexibility index (Phi) is 3.78. The predicted octanol–water partition coefficient (Wildman–Crippen LogP) is 1.10. The van der Waals surface area contributed by atoms with Crippen molar-refractivity contribution in [3.63, 3.8) is 0 Å². The number of aliphatic hydroxyl groups excluding tert-OH is 1. The quantitative estimate of drug-likeness (QED) is 0.847. The number of fused-ring (bicyclic) bond motifs is 2. The minimum Gasteiger partial charge on any atom is -0.396 e. The van der Waals surface area contributed by atoms with Gasteiger partial charge in [-0.05, 0) is 43.6 Å². The highest BCUT2D eigenvalue weighted by Crippen LogP contribution is 2.48. The van der Waals surface area contributed by atoms with Gasteiger partial charge in [0.15, 0.2) is 0 Å². The van der Waals surface area contributed by atoms with Gasteiger partial charge in [0.25, 0.3) is 0 Å². The maximum Gasteiger partial charge on any atom is 0.222 e. The van der Waals surface area contributed by atoms with Crippen LogP contribution in [0.5, 0.6) is 0 Å². The van der Waals surface area contributed by atoms with Crippen LogP contribution in [0.25, 0.3) is 0 Å². The lowest BCUT2D eigenvalue weighted by molar-refractivity contribution is -0.122. The molecule has 0 radical (unpaired) electrons. The van der Waals surface area contributed by atoms with Crippen molar-refractivity contribution in [2.24, 2.45) is 17.8 Å². The molecule has 0 aliphatic heterocycles. The molecule has 20 heavy (non-hydrogen) atoms. The zero-order valence-corrected chi connectivity index (χ0v) is 12.0. The Bertz CT molecular complexity index is 485. The summed E-state index contributed by atoms with van der Waals surface area (Å²) >= 11 is 0. The number of nitrogens with one attached hydrogen (secondary N) is 1. The van der Waals surface area contributed by atoms with Crippen molar-refractivity contribution >= 4 is 5.91 Å². The number of aryl methyl sites for hydroxylation is 2. The van der Waals surface area contributed by atoms with Crippen LogP contribution >= 0.6 is 0 Å². The van der Waals surface area contributed by atoms with E-state index in [4.69, 9.17) is 0 Å². The standard InChI is InChI=1S/C15H23N3O2/c1-10-7-16-18(8-10)5-4-14(20)17-15-12-3-2-11(6-12)13(15)9-19/h7-8,11-13,15,19H,2-6,9H2,1H3,(H,17,20). The number of aliphatic hydroxyl groups is 1. The molecule has 1 aromatic heterocycles. The highest BCUT2D eigenvalue weighted by Gasteiger charge is 2.47. The van der Waals surface area contributed by atoms with E-state index in [1.54, 1.807) is 10.9 Å². The molecule has 5 heteroatoms. The van der Waals surface area contributed by atoms with E-state index in [2.05, 4.69) is 10.4 Å². The maximum absolute atomic E-state index is 12.1. The lowest BCUT2D eigenvalue weighted by Gasteiger charge is -2.30. The lowest BCUT2D eigenvalue weighted by atomic mass is 9.85. The van der Waals surface area contributed by atoms with Gasteiger partial charge in [0.05, 0.1) is 6.20 Å². The third-order valence-electron chi connectivity index (χ3n) is 4.96. The van der Waals surface area contributed by atoms with Gasteiger partial charge in [-0.3, -0.25) is 9.48 Å². The predicted molar refractivity (Wildman–Crippen MR) is 74.9 cm³/mol. The molecule has 2 aliphatic rings. The molecule has 0 aromatic carbocycles. The first-order chi connectivity index (χ1) is 9.67. The number of nitrogens with zero attached hydrogens (tertiary/aromatic N) is 2. The fraction of sp³-hybridized carbons (Fsp3) is 0.733. The number of rotatable bonds is 5. The average molecular weight is 277 g/mol. The van der Waals surface area contributed by atoms with Gasteiger partial charge in [-0.25, -0.2) is 0 Å². The minimum absolute atomic E-state index is 0.0779. The molecular weight excluding hydrogens is 254 g/mol. The summed E-state index contributed by atoms with van der Waals surface area (Å²) < 4.78 is 1.80. The molecule has 0 saturated heterocycles. The Morgan fingerprint density at radius 3 is 3.00 bits per heavy atom. The van der Waals surface area contributed by atoms with Crippen molar-refractivity contribution in [3.05, 3.63) is 18.0 Å². The molecule has 2 N–H and O–H groups in total. The molecule has 0 spiro atoms. The molecule has 2 saturated carbocycles. The van der Waals surface area contributed by atoms with Crippen molar-refractivity contribution in [2.75, 3.05) is 6.61 Å². The Morgan fingerprint density at radius 1 is 1.50 bits per heavy atom. The van der Waals surface area contributed by atoms with Crippen LogP contribution in [0.1, 0.15) is 31.2 Å². The fourth-order valence-electron chi connectivity index (χ4n) is 3.96. The minimum atomic E-state index is 0.0779. The Morgan fingerprint density at radius 2 is 2.30 bits per heavy atom. The van der Waals surface area contributed by atoms with Crippen molar-refractivity contribution in [1.29, 1.82) is 0 Å². The van der Waals surface area contributed by atoms with Gasteiger partial charge in [0.2, 0.25) is 5.91 Å². The number of aromatic nitrogens is 2. The number of carbonyl (C=O) groups is 1. The van der Waals surface area contributed by atoms with Crippen molar-refractivity contribution in [1.82, 2.24) is 15.1 Å². The monoisotopic (exact) mass is 277 g/mol. The number of amides is 1. The zero-order valence-electron chi connectivity index (χ0n) is 12.0. The van der Waals surface area contributed by atoms with Gasteiger partial charge in [-0.1, -0.05) is 0 Å². The normalized spacial score (nSPS) is 31.7. The first-order valence-electron chi connectivity index (χ1n) is 7.56. The molecule has 1 heterocycles. The molecule has 1 aromatic rings. The molecule has 3 rings (SSSR count). The third-order valence-corrected chi connectivity index (χ3v) is 4.96. The van der Waals surface area contributed by atoms with E-state index >= 15 is 0 Å². The molecular formula is C15H23N3O2. The third kappa shape index (κ3) is 2.59. The van der Waals surface area contributed by atoms with Crippen molar-refractivity contribution in [2.45, 2.75) is 45.2 Å². The molecule has 4 atom stereocenters. The van der Waals surface area contributed by atoms with E-state index in [0.717, 1.165) is 5.56 Å². The van der Waals surface area contributed by atoms with Gasteiger partial charge in [-0.2, -0.15) is 5.10 Å². The van der Waals surface area contributed by atoms with Crippen molar-refractivity contribution < 1.29 is 9.90 Å². The Balaban J connectivity index is 1.51. The van der Waals surface area contributed by atoms with Crippen LogP contribution in [0.15, 0.2) is 12.4 Å². The summed E-state index contributed by atoms with van der Waals surface area (Å²) in [5.41, 5.74) is 1.11. The van der Waals surface area contributed by atoms with E-state index < -0.39 is 0 Å². The van der Waals surface area contributed by atoms with E-state index in [-0.39, 0.29) is 24.5 Å². The van der Waals surface area contributed by atoms with Gasteiger partial charge in [0, 0.05) is 37.7 Å². The second kappa shape index (κ2) is 5.56. The SMILES string of the molecule is Cc1cnn(CCC(=O)NC2C3CCC(C3)C2CO)c1. The smallest absolute Gasteiger partial charge is 0.222 e. The Hall–Kier alpha value is -1.36. The van der Waals surface area contributed by atoms with E-state index in [1.807, 2.05) is 13.1 Å². The van der Waals surface area contributed by atoms with Gasteiger partial charge >= 0.3 is 0 Å². The molecule has 2 aliphatic carbocycles. The summed E-state index contributed by atoms with van der Waals surface area (Å²) in [5.74, 6) is 1.54. The van der Waals surface area contributed by atoms with Crippen LogP contribution in [0.2, 0.25) is 0 Å². The summed E-state index contributed by atoms with van der Waals surface area (Å²) in [6, 6.07) is 0.186. The summed E-state index contributed by atoms with van der Waals surface area (Å²) in [6.45, 7) is 2.80. The molecule has 2 fully saturated rings. The highest BCUT2D eigenvalue weighted by atomic mass is 16.3. The van der Waals surface area contributed by atoms with Crippen molar-refractivity contribution in [3.8, 4) is 0 Å². The highest BCUT2D eigenvalue weighted by molar-refractivity contribution is 5.76. The van der Waals surface area contributed by atoms with E-state index in [0.29, 0.717) is 24.8 Å². The van der Waals surface area contributed by atoms with E-state index in [9.17, 15) is 9.90 Å². The summed E-state index contributed by atoms with van der Waals surface area (Å²) in [7, 11) is 0. The summed E-state index contributed by atoms with van der Waals surface area (Å²) in [4.78, 5) is 12.1. The second-order valence-corrected chi connectivity index (χ2v) is 6.30. The van der Waals surface area contributed by atoms with Gasteiger partial charge in [0.1, 0.15) is 0 Å².